The Hall–Kier alpha value is -3.39. The van der Waals surface area contributed by atoms with Crippen LogP contribution < -0.4 is 0 Å². The van der Waals surface area contributed by atoms with Gasteiger partial charge in [0, 0.05) is 23.8 Å². The van der Waals surface area contributed by atoms with E-state index in [1.54, 1.807) is 0 Å². The summed E-state index contributed by atoms with van der Waals surface area (Å²) in [5, 5.41) is 12.9. The summed E-state index contributed by atoms with van der Waals surface area (Å²) in [6.07, 6.45) is 7.71. The molecule has 0 N–H and O–H groups in total. The van der Waals surface area contributed by atoms with Crippen molar-refractivity contribution in [3.63, 3.8) is 0 Å². The fourth-order valence-corrected chi connectivity index (χ4v) is 2.59. The molecule has 2 nitrogen and oxygen atoms in total. The van der Waals surface area contributed by atoms with E-state index in [1.807, 2.05) is 116 Å². The van der Waals surface area contributed by atoms with Crippen LogP contribution in [0.4, 0.5) is 5.69 Å². The number of rotatable bonds is 5. The van der Waals surface area contributed by atoms with Gasteiger partial charge in [-0.25, -0.2) is 0 Å². The Morgan fingerprint density at radius 1 is 0.769 bits per heavy atom. The van der Waals surface area contributed by atoms with Crippen molar-refractivity contribution in [2.24, 2.45) is 0 Å². The lowest BCUT2D eigenvalue weighted by molar-refractivity contribution is -0.359. The van der Waals surface area contributed by atoms with E-state index in [0.29, 0.717) is 11.4 Å². The second kappa shape index (κ2) is 8.63. The second-order valence-electron chi connectivity index (χ2n) is 6.01. The molecule has 0 spiro atoms. The summed E-state index contributed by atoms with van der Waals surface area (Å²) < 4.78 is 0.974. The molecule has 3 rings (SSSR count). The standard InChI is InChI=1S/C24H21NO/c1-20-16-18-23(19-17-20)25(26)24(22-13-6-3-7-14-22)15-9-8-12-21-10-4-2-5-11-21/h2-19H,1H3/b12-8+,15-9+,25-24+. The third-order valence-electron chi connectivity index (χ3n) is 4.01. The van der Waals surface area contributed by atoms with Gasteiger partial charge in [0.15, 0.2) is 0 Å². The molecule has 2 heteroatoms. The summed E-state index contributed by atoms with van der Waals surface area (Å²) in [7, 11) is 0. The van der Waals surface area contributed by atoms with Crippen molar-refractivity contribution in [3.8, 4) is 0 Å². The Kier molecular flexibility index (Phi) is 5.79. The Morgan fingerprint density at radius 2 is 1.38 bits per heavy atom. The Labute approximate surface area is 154 Å². The van der Waals surface area contributed by atoms with Gasteiger partial charge in [0.05, 0.1) is 0 Å². The zero-order chi connectivity index (χ0) is 18.2. The molecule has 26 heavy (non-hydrogen) atoms. The minimum Gasteiger partial charge on any atom is -0.618 e. The quantitative estimate of drug-likeness (QED) is 0.187. The summed E-state index contributed by atoms with van der Waals surface area (Å²) in [5.74, 6) is 0. The van der Waals surface area contributed by atoms with Crippen LogP contribution in [0.2, 0.25) is 0 Å². The van der Waals surface area contributed by atoms with Gasteiger partial charge in [-0.15, -0.1) is 0 Å². The number of aryl methyl sites for hydroxylation is 1. The first-order valence-corrected chi connectivity index (χ1v) is 8.60. The normalized spacial score (nSPS) is 12.5. The van der Waals surface area contributed by atoms with Gasteiger partial charge < -0.3 is 5.21 Å². The lowest BCUT2D eigenvalue weighted by Gasteiger charge is -2.08. The summed E-state index contributed by atoms with van der Waals surface area (Å²) in [6, 6.07) is 27.4. The molecule has 0 aliphatic carbocycles. The summed E-state index contributed by atoms with van der Waals surface area (Å²) >= 11 is 0. The van der Waals surface area contributed by atoms with Crippen LogP contribution in [-0.4, -0.2) is 10.5 Å². The average molecular weight is 339 g/mol. The predicted molar refractivity (Wildman–Crippen MR) is 110 cm³/mol. The highest BCUT2D eigenvalue weighted by atomic mass is 16.5. The lowest BCUT2D eigenvalue weighted by Crippen LogP contribution is -2.10. The Bertz CT molecular complexity index is 921. The van der Waals surface area contributed by atoms with Crippen molar-refractivity contribution in [2.75, 3.05) is 0 Å². The Morgan fingerprint density at radius 3 is 2.04 bits per heavy atom. The molecule has 3 aromatic rings. The van der Waals surface area contributed by atoms with Crippen molar-refractivity contribution in [2.45, 2.75) is 6.92 Å². The van der Waals surface area contributed by atoms with Crippen molar-refractivity contribution in [3.05, 3.63) is 125 Å². The molecule has 0 aliphatic rings. The molecule has 0 aromatic heterocycles. The molecule has 0 bridgehead atoms. The zero-order valence-corrected chi connectivity index (χ0v) is 14.7. The molecule has 0 atom stereocenters. The van der Waals surface area contributed by atoms with Gasteiger partial charge in [0.1, 0.15) is 0 Å². The highest BCUT2D eigenvalue weighted by Gasteiger charge is 2.11. The van der Waals surface area contributed by atoms with Crippen molar-refractivity contribution in [1.29, 1.82) is 0 Å². The van der Waals surface area contributed by atoms with Crippen LogP contribution in [0.15, 0.2) is 103 Å². The SMILES string of the molecule is Cc1ccc(/[N+]([O-])=C(/C=C/C=C/c2ccccc2)c2ccccc2)cc1. The monoisotopic (exact) mass is 339 g/mol. The molecule has 0 aliphatic heterocycles. The summed E-state index contributed by atoms with van der Waals surface area (Å²) in [4.78, 5) is 0. The van der Waals surface area contributed by atoms with E-state index in [2.05, 4.69) is 0 Å². The van der Waals surface area contributed by atoms with Crippen molar-refractivity contribution in [1.82, 2.24) is 0 Å². The van der Waals surface area contributed by atoms with Crippen LogP contribution in [0.1, 0.15) is 16.7 Å². The van der Waals surface area contributed by atoms with Gasteiger partial charge in [0.25, 0.3) is 0 Å². The number of hydrogen-bond acceptors (Lipinski definition) is 1. The van der Waals surface area contributed by atoms with E-state index < -0.39 is 0 Å². The first-order valence-electron chi connectivity index (χ1n) is 8.60. The van der Waals surface area contributed by atoms with E-state index >= 15 is 0 Å². The predicted octanol–water partition coefficient (Wildman–Crippen LogP) is 5.90. The van der Waals surface area contributed by atoms with Crippen LogP contribution in [-0.2, 0) is 0 Å². The third kappa shape index (κ3) is 4.58. The van der Waals surface area contributed by atoms with Crippen LogP contribution >= 0.6 is 0 Å². The molecular weight excluding hydrogens is 318 g/mol. The van der Waals surface area contributed by atoms with E-state index in [9.17, 15) is 5.21 Å². The van der Waals surface area contributed by atoms with E-state index in [1.165, 1.54) is 0 Å². The van der Waals surface area contributed by atoms with Crippen LogP contribution in [0.5, 0.6) is 0 Å². The molecule has 0 heterocycles. The van der Waals surface area contributed by atoms with Gasteiger partial charge in [-0.05, 0) is 24.6 Å². The number of allylic oxidation sites excluding steroid dienone is 3. The number of benzene rings is 3. The minimum absolute atomic E-state index is 0.604. The first-order chi connectivity index (χ1) is 12.7. The first kappa shape index (κ1) is 17.4. The molecule has 0 saturated heterocycles. The largest absolute Gasteiger partial charge is 0.618 e. The van der Waals surface area contributed by atoms with Gasteiger partial charge in [-0.2, -0.15) is 4.74 Å². The molecule has 0 unspecified atom stereocenters. The molecule has 0 saturated carbocycles. The molecule has 128 valence electrons. The molecular formula is C24H21NO. The van der Waals surface area contributed by atoms with Gasteiger partial charge in [-0.3, -0.25) is 0 Å². The molecule has 3 aromatic carbocycles. The van der Waals surface area contributed by atoms with Crippen molar-refractivity contribution < 1.29 is 4.74 Å². The Balaban J connectivity index is 1.94. The maximum atomic E-state index is 12.9. The fourth-order valence-electron chi connectivity index (χ4n) is 2.59. The third-order valence-corrected chi connectivity index (χ3v) is 4.01. The van der Waals surface area contributed by atoms with E-state index in [4.69, 9.17) is 0 Å². The highest BCUT2D eigenvalue weighted by molar-refractivity contribution is 6.06. The van der Waals surface area contributed by atoms with Gasteiger partial charge in [0.2, 0.25) is 11.4 Å². The maximum absolute atomic E-state index is 12.9. The lowest BCUT2D eigenvalue weighted by atomic mass is 10.1. The van der Waals surface area contributed by atoms with E-state index in [0.717, 1.165) is 21.4 Å². The van der Waals surface area contributed by atoms with Gasteiger partial charge >= 0.3 is 0 Å². The topological polar surface area (TPSA) is 26.1 Å². The number of hydrogen-bond donors (Lipinski definition) is 0. The van der Waals surface area contributed by atoms with Crippen LogP contribution in [0, 0.1) is 12.1 Å². The molecule has 0 radical (unpaired) electrons. The zero-order valence-electron chi connectivity index (χ0n) is 14.7. The fraction of sp³-hybridized carbons (Fsp3) is 0.0417. The van der Waals surface area contributed by atoms with Gasteiger partial charge in [-0.1, -0.05) is 84.5 Å². The van der Waals surface area contributed by atoms with E-state index in [-0.39, 0.29) is 0 Å². The maximum Gasteiger partial charge on any atom is 0.224 e. The molecule has 0 amide bonds. The highest BCUT2D eigenvalue weighted by Crippen LogP contribution is 2.15. The van der Waals surface area contributed by atoms with Crippen molar-refractivity contribution >= 4 is 17.5 Å². The van der Waals surface area contributed by atoms with Crippen LogP contribution in [0.25, 0.3) is 6.08 Å². The summed E-state index contributed by atoms with van der Waals surface area (Å²) in [5.41, 5.74) is 4.35. The average Bonchev–Trinajstić information content (AvgIpc) is 2.69. The van der Waals surface area contributed by atoms with Crippen LogP contribution in [0.3, 0.4) is 0 Å². The number of nitrogens with zero attached hydrogens (tertiary/aromatic N) is 1. The minimum atomic E-state index is 0.604. The smallest absolute Gasteiger partial charge is 0.224 e. The second-order valence-corrected chi connectivity index (χ2v) is 6.01. The summed E-state index contributed by atoms with van der Waals surface area (Å²) in [6.45, 7) is 2.01. The molecule has 0 fully saturated rings.